The minimum Gasteiger partial charge on any atom is -0.491 e. The van der Waals surface area contributed by atoms with Crippen LogP contribution in [0.25, 0.3) is 22.4 Å². The molecular weight excluding hydrogens is 495 g/mol. The van der Waals surface area contributed by atoms with E-state index in [-0.39, 0.29) is 46.3 Å². The SMILES string of the molecule is CCC1C=CSC(NC(=O)c2cc(F)cc3[nH]c(-c4ccc(OCC(O)CO)cc4C(F)F)nc23)=C1. The highest BCUT2D eigenvalue weighted by Crippen LogP contribution is 2.34. The lowest BCUT2D eigenvalue weighted by Gasteiger charge is -2.15. The van der Waals surface area contributed by atoms with Crippen LogP contribution in [0.15, 0.2) is 52.9 Å². The standard InChI is InChI=1S/C25H24F3N3O4S/c1-2-13-5-6-36-21(7-13)30-25(34)19-8-14(26)9-20-22(19)31-24(29-20)17-4-3-16(10-18(17)23(27)28)35-12-15(33)11-32/h3-10,13,15,23,32-33H,2,11-12H2,1H3,(H,29,31)(H,30,34). The number of allylic oxidation sites excluding steroid dienone is 2. The second-order valence-electron chi connectivity index (χ2n) is 8.14. The molecule has 0 spiro atoms. The lowest BCUT2D eigenvalue weighted by molar-refractivity contribution is 0.0534. The molecule has 36 heavy (non-hydrogen) atoms. The van der Waals surface area contributed by atoms with Crippen LogP contribution in [0.1, 0.15) is 35.7 Å². The molecule has 1 aromatic heterocycles. The van der Waals surface area contributed by atoms with Crippen LogP contribution >= 0.6 is 11.8 Å². The van der Waals surface area contributed by atoms with Gasteiger partial charge in [-0.25, -0.2) is 18.2 Å². The van der Waals surface area contributed by atoms with Gasteiger partial charge in [-0.05, 0) is 54.2 Å². The highest BCUT2D eigenvalue weighted by atomic mass is 32.2. The van der Waals surface area contributed by atoms with Crippen LogP contribution in [0.2, 0.25) is 0 Å². The number of rotatable bonds is 9. The van der Waals surface area contributed by atoms with Crippen molar-refractivity contribution in [3.63, 3.8) is 0 Å². The maximum absolute atomic E-state index is 14.4. The molecule has 0 radical (unpaired) electrons. The number of aliphatic hydroxyl groups is 2. The Balaban J connectivity index is 1.67. The summed E-state index contributed by atoms with van der Waals surface area (Å²) in [6.07, 6.45) is 0.747. The molecular formula is C25H24F3N3O4S. The van der Waals surface area contributed by atoms with E-state index in [1.165, 1.54) is 23.9 Å². The summed E-state index contributed by atoms with van der Waals surface area (Å²) in [4.78, 5) is 20.2. The summed E-state index contributed by atoms with van der Waals surface area (Å²) in [5, 5.41) is 23.6. The largest absolute Gasteiger partial charge is 0.491 e. The molecule has 190 valence electrons. The summed E-state index contributed by atoms with van der Waals surface area (Å²) in [6, 6.07) is 6.08. The summed E-state index contributed by atoms with van der Waals surface area (Å²) in [6.45, 7) is 1.22. The number of benzene rings is 2. The fraction of sp³-hybridized carbons (Fsp3) is 0.280. The number of aromatic nitrogens is 2. The van der Waals surface area contributed by atoms with E-state index < -0.39 is 36.4 Å². The Morgan fingerprint density at radius 3 is 2.83 bits per heavy atom. The first-order chi connectivity index (χ1) is 17.3. The van der Waals surface area contributed by atoms with Crippen molar-refractivity contribution < 1.29 is 32.9 Å². The number of amides is 1. The minimum absolute atomic E-state index is 0.0298. The predicted octanol–water partition coefficient (Wildman–Crippen LogP) is 4.90. The lowest BCUT2D eigenvalue weighted by atomic mass is 10.1. The van der Waals surface area contributed by atoms with Crippen LogP contribution in [0.3, 0.4) is 0 Å². The molecule has 2 atom stereocenters. The molecule has 4 N–H and O–H groups in total. The number of ether oxygens (including phenoxy) is 1. The number of aliphatic hydroxyl groups excluding tert-OH is 2. The first-order valence-corrected chi connectivity index (χ1v) is 12.1. The Bertz CT molecular complexity index is 1330. The van der Waals surface area contributed by atoms with Gasteiger partial charge in [0.25, 0.3) is 12.3 Å². The Hall–Kier alpha value is -3.28. The van der Waals surface area contributed by atoms with E-state index in [4.69, 9.17) is 9.84 Å². The van der Waals surface area contributed by atoms with E-state index in [0.717, 1.165) is 24.6 Å². The van der Waals surface area contributed by atoms with E-state index in [0.29, 0.717) is 5.03 Å². The molecule has 0 saturated carbocycles. The third kappa shape index (κ3) is 5.75. The van der Waals surface area contributed by atoms with E-state index in [1.807, 2.05) is 24.5 Å². The molecule has 0 aliphatic carbocycles. The number of fused-ring (bicyclic) bond motifs is 1. The van der Waals surface area contributed by atoms with Gasteiger partial charge in [0.1, 0.15) is 35.6 Å². The molecule has 11 heteroatoms. The van der Waals surface area contributed by atoms with Gasteiger partial charge >= 0.3 is 0 Å². The molecule has 0 bridgehead atoms. The lowest BCUT2D eigenvalue weighted by Crippen LogP contribution is -2.23. The molecule has 1 aliphatic heterocycles. The fourth-order valence-electron chi connectivity index (χ4n) is 3.66. The number of halogens is 3. The molecule has 2 aromatic carbocycles. The van der Waals surface area contributed by atoms with Gasteiger partial charge < -0.3 is 25.3 Å². The molecule has 4 rings (SSSR count). The third-order valence-corrected chi connectivity index (χ3v) is 6.34. The minimum atomic E-state index is -2.89. The van der Waals surface area contributed by atoms with Crippen molar-refractivity contribution in [1.82, 2.24) is 15.3 Å². The zero-order valence-corrected chi connectivity index (χ0v) is 20.0. The van der Waals surface area contributed by atoms with Gasteiger partial charge in [0.2, 0.25) is 0 Å². The number of nitrogens with one attached hydrogen (secondary N) is 2. The normalized spacial score (nSPS) is 16.3. The number of hydrogen-bond acceptors (Lipinski definition) is 6. The number of imidazole rings is 1. The number of thioether (sulfide) groups is 1. The number of carbonyl (C=O) groups excluding carboxylic acids is 1. The van der Waals surface area contributed by atoms with E-state index in [2.05, 4.69) is 15.3 Å². The number of nitrogens with zero attached hydrogens (tertiary/aromatic N) is 1. The van der Waals surface area contributed by atoms with E-state index in [9.17, 15) is 23.1 Å². The monoisotopic (exact) mass is 519 g/mol. The smallest absolute Gasteiger partial charge is 0.264 e. The topological polar surface area (TPSA) is 107 Å². The summed E-state index contributed by atoms with van der Waals surface area (Å²) < 4.78 is 47.4. The van der Waals surface area contributed by atoms with Crippen LogP contribution in [0.4, 0.5) is 13.2 Å². The van der Waals surface area contributed by atoms with Crippen LogP contribution in [-0.4, -0.2) is 45.4 Å². The molecule has 1 aliphatic rings. The second kappa shape index (κ2) is 11.2. The van der Waals surface area contributed by atoms with Crippen molar-refractivity contribution in [2.75, 3.05) is 13.2 Å². The quantitative estimate of drug-likeness (QED) is 0.321. The highest BCUT2D eigenvalue weighted by molar-refractivity contribution is 8.05. The number of hydrogen-bond donors (Lipinski definition) is 4. The van der Waals surface area contributed by atoms with E-state index >= 15 is 0 Å². The van der Waals surface area contributed by atoms with Crippen molar-refractivity contribution in [2.45, 2.75) is 25.9 Å². The predicted molar refractivity (Wildman–Crippen MR) is 131 cm³/mol. The zero-order valence-electron chi connectivity index (χ0n) is 19.2. The molecule has 2 unspecified atom stereocenters. The number of aromatic amines is 1. The first kappa shape index (κ1) is 25.8. The zero-order chi connectivity index (χ0) is 25.8. The van der Waals surface area contributed by atoms with Crippen molar-refractivity contribution in [3.05, 3.63) is 69.9 Å². The van der Waals surface area contributed by atoms with Gasteiger partial charge in [-0.15, -0.1) is 0 Å². The number of alkyl halides is 2. The van der Waals surface area contributed by atoms with Gasteiger partial charge in [-0.3, -0.25) is 4.79 Å². The molecule has 0 saturated heterocycles. The van der Waals surface area contributed by atoms with Crippen LogP contribution in [0, 0.1) is 11.7 Å². The Morgan fingerprint density at radius 1 is 1.31 bits per heavy atom. The van der Waals surface area contributed by atoms with Gasteiger partial charge in [0.15, 0.2) is 0 Å². The maximum Gasteiger partial charge on any atom is 0.264 e. The Labute approximate surface area is 209 Å². The van der Waals surface area contributed by atoms with Crippen molar-refractivity contribution in [3.8, 4) is 17.1 Å². The van der Waals surface area contributed by atoms with Gasteiger partial charge in [0, 0.05) is 11.1 Å². The maximum atomic E-state index is 14.4. The summed E-state index contributed by atoms with van der Waals surface area (Å²) in [5.41, 5.74) is -0.0758. The summed E-state index contributed by atoms with van der Waals surface area (Å²) >= 11 is 1.33. The fourth-order valence-corrected chi connectivity index (χ4v) is 4.49. The van der Waals surface area contributed by atoms with E-state index in [1.54, 1.807) is 0 Å². The van der Waals surface area contributed by atoms with Crippen molar-refractivity contribution in [2.24, 2.45) is 5.92 Å². The Kier molecular flexibility index (Phi) is 8.02. The first-order valence-electron chi connectivity index (χ1n) is 11.2. The van der Waals surface area contributed by atoms with Crippen LogP contribution < -0.4 is 10.1 Å². The number of carbonyl (C=O) groups is 1. The van der Waals surface area contributed by atoms with Gasteiger partial charge in [-0.2, -0.15) is 0 Å². The third-order valence-electron chi connectivity index (χ3n) is 5.56. The van der Waals surface area contributed by atoms with Gasteiger partial charge in [0.05, 0.1) is 22.7 Å². The van der Waals surface area contributed by atoms with Gasteiger partial charge in [-0.1, -0.05) is 24.8 Å². The highest BCUT2D eigenvalue weighted by Gasteiger charge is 2.22. The van der Waals surface area contributed by atoms with Crippen molar-refractivity contribution >= 4 is 28.7 Å². The summed E-state index contributed by atoms with van der Waals surface area (Å²) in [7, 11) is 0. The average molecular weight is 520 g/mol. The second-order valence-corrected chi connectivity index (χ2v) is 9.08. The molecule has 2 heterocycles. The van der Waals surface area contributed by atoms with Crippen molar-refractivity contribution in [1.29, 1.82) is 0 Å². The summed E-state index contributed by atoms with van der Waals surface area (Å²) in [5.74, 6) is -0.970. The van der Waals surface area contributed by atoms with Crippen LogP contribution in [-0.2, 0) is 0 Å². The Morgan fingerprint density at radius 2 is 2.11 bits per heavy atom. The van der Waals surface area contributed by atoms with Crippen LogP contribution in [0.5, 0.6) is 5.75 Å². The molecule has 1 amide bonds. The molecule has 7 nitrogen and oxygen atoms in total. The molecule has 0 fully saturated rings. The average Bonchev–Trinajstić information content (AvgIpc) is 3.30. The number of H-pyrrole nitrogens is 1. The molecule has 3 aromatic rings.